The molecular weight excluding hydrogens is 266 g/mol. The van der Waals surface area contributed by atoms with Gasteiger partial charge in [-0.05, 0) is 36.2 Å². The number of hydrogen-bond donors (Lipinski definition) is 2. The molecule has 0 fully saturated rings. The largest absolute Gasteiger partial charge is 0.493 e. The molecule has 0 saturated heterocycles. The minimum absolute atomic E-state index is 0.0414. The molecule has 0 aliphatic heterocycles. The standard InChI is InChI=1S/C17H19NO3/c1-13-7-8-14(12-19)11-16(13)18-17(20)9-10-21-15-5-3-2-4-6-15/h2-8,11,19H,9-10,12H2,1H3,(H,18,20). The molecule has 2 aromatic carbocycles. The third-order valence-corrected chi connectivity index (χ3v) is 3.10. The van der Waals surface area contributed by atoms with Crippen molar-refractivity contribution in [3.8, 4) is 5.75 Å². The molecule has 2 rings (SSSR count). The van der Waals surface area contributed by atoms with Crippen LogP contribution in [0.25, 0.3) is 0 Å². The number of hydrogen-bond acceptors (Lipinski definition) is 3. The highest BCUT2D eigenvalue weighted by Crippen LogP contribution is 2.17. The lowest BCUT2D eigenvalue weighted by atomic mass is 10.1. The SMILES string of the molecule is Cc1ccc(CO)cc1NC(=O)CCOc1ccccc1. The number of aryl methyl sites for hydroxylation is 1. The zero-order valence-corrected chi connectivity index (χ0v) is 12.0. The number of benzene rings is 2. The third kappa shape index (κ3) is 4.61. The summed E-state index contributed by atoms with van der Waals surface area (Å²) in [5.74, 6) is 0.646. The second kappa shape index (κ2) is 7.45. The quantitative estimate of drug-likeness (QED) is 0.858. The van der Waals surface area contributed by atoms with Crippen LogP contribution in [-0.2, 0) is 11.4 Å². The van der Waals surface area contributed by atoms with Gasteiger partial charge in [0.25, 0.3) is 0 Å². The Morgan fingerprint density at radius 1 is 1.19 bits per heavy atom. The van der Waals surface area contributed by atoms with E-state index in [-0.39, 0.29) is 18.9 Å². The van der Waals surface area contributed by atoms with Gasteiger partial charge in [0.15, 0.2) is 0 Å². The summed E-state index contributed by atoms with van der Waals surface area (Å²) >= 11 is 0. The lowest BCUT2D eigenvalue weighted by Gasteiger charge is -2.10. The molecule has 0 aromatic heterocycles. The van der Waals surface area contributed by atoms with E-state index in [0.29, 0.717) is 6.61 Å². The van der Waals surface area contributed by atoms with E-state index >= 15 is 0 Å². The fraction of sp³-hybridized carbons (Fsp3) is 0.235. The highest BCUT2D eigenvalue weighted by molar-refractivity contribution is 5.91. The fourth-order valence-corrected chi connectivity index (χ4v) is 1.89. The van der Waals surface area contributed by atoms with Crippen LogP contribution in [0.15, 0.2) is 48.5 Å². The predicted octanol–water partition coefficient (Wildman–Crippen LogP) is 2.89. The summed E-state index contributed by atoms with van der Waals surface area (Å²) in [6, 6.07) is 14.9. The minimum Gasteiger partial charge on any atom is -0.493 e. The van der Waals surface area contributed by atoms with E-state index in [1.54, 1.807) is 6.07 Å². The van der Waals surface area contributed by atoms with Crippen molar-refractivity contribution >= 4 is 11.6 Å². The van der Waals surface area contributed by atoms with Crippen molar-refractivity contribution in [1.82, 2.24) is 0 Å². The van der Waals surface area contributed by atoms with Crippen molar-refractivity contribution < 1.29 is 14.6 Å². The van der Waals surface area contributed by atoms with Gasteiger partial charge in [-0.25, -0.2) is 0 Å². The molecule has 4 heteroatoms. The lowest BCUT2D eigenvalue weighted by Crippen LogP contribution is -2.16. The molecule has 0 heterocycles. The van der Waals surface area contributed by atoms with Crippen molar-refractivity contribution in [2.75, 3.05) is 11.9 Å². The second-order valence-corrected chi connectivity index (χ2v) is 4.77. The van der Waals surface area contributed by atoms with Gasteiger partial charge in [-0.3, -0.25) is 4.79 Å². The van der Waals surface area contributed by atoms with Crippen molar-refractivity contribution in [3.05, 3.63) is 59.7 Å². The Labute approximate surface area is 124 Å². The normalized spacial score (nSPS) is 10.2. The van der Waals surface area contributed by atoms with E-state index < -0.39 is 0 Å². The number of para-hydroxylation sites is 1. The van der Waals surface area contributed by atoms with Crippen LogP contribution >= 0.6 is 0 Å². The molecule has 4 nitrogen and oxygen atoms in total. The number of amides is 1. The average molecular weight is 285 g/mol. The number of aliphatic hydroxyl groups is 1. The first kappa shape index (κ1) is 15.1. The first-order chi connectivity index (χ1) is 10.2. The van der Waals surface area contributed by atoms with E-state index in [1.807, 2.05) is 49.4 Å². The van der Waals surface area contributed by atoms with Crippen LogP contribution in [0.2, 0.25) is 0 Å². The number of aliphatic hydroxyl groups excluding tert-OH is 1. The Bertz CT molecular complexity index is 596. The Morgan fingerprint density at radius 2 is 1.95 bits per heavy atom. The minimum atomic E-state index is -0.107. The summed E-state index contributed by atoms with van der Waals surface area (Å²) in [6.45, 7) is 2.20. The maximum Gasteiger partial charge on any atom is 0.227 e. The van der Waals surface area contributed by atoms with E-state index in [9.17, 15) is 4.79 Å². The maximum absolute atomic E-state index is 11.9. The molecule has 0 saturated carbocycles. The van der Waals surface area contributed by atoms with Crippen LogP contribution < -0.4 is 10.1 Å². The number of carbonyl (C=O) groups excluding carboxylic acids is 1. The highest BCUT2D eigenvalue weighted by Gasteiger charge is 2.06. The van der Waals surface area contributed by atoms with Gasteiger partial charge in [-0.15, -0.1) is 0 Å². The molecule has 1 amide bonds. The van der Waals surface area contributed by atoms with Crippen molar-refractivity contribution in [2.24, 2.45) is 0 Å². The van der Waals surface area contributed by atoms with Gasteiger partial charge in [-0.1, -0.05) is 30.3 Å². The summed E-state index contributed by atoms with van der Waals surface area (Å²) < 4.78 is 5.49. The first-order valence-corrected chi connectivity index (χ1v) is 6.87. The molecular formula is C17H19NO3. The molecule has 0 aliphatic carbocycles. The van der Waals surface area contributed by atoms with Crippen molar-refractivity contribution in [1.29, 1.82) is 0 Å². The van der Waals surface area contributed by atoms with Gasteiger partial charge in [-0.2, -0.15) is 0 Å². The molecule has 21 heavy (non-hydrogen) atoms. The summed E-state index contributed by atoms with van der Waals surface area (Å²) in [7, 11) is 0. The third-order valence-electron chi connectivity index (χ3n) is 3.10. The van der Waals surface area contributed by atoms with Crippen LogP contribution in [0, 0.1) is 6.92 Å². The van der Waals surface area contributed by atoms with Crippen LogP contribution in [0.4, 0.5) is 5.69 Å². The number of rotatable bonds is 6. The van der Waals surface area contributed by atoms with Gasteiger partial charge in [0.2, 0.25) is 5.91 Å². The Kier molecular flexibility index (Phi) is 5.35. The van der Waals surface area contributed by atoms with Gasteiger partial charge >= 0.3 is 0 Å². The summed E-state index contributed by atoms with van der Waals surface area (Å²) in [5.41, 5.74) is 2.47. The number of carbonyl (C=O) groups is 1. The zero-order chi connectivity index (χ0) is 15.1. The molecule has 110 valence electrons. The Balaban J connectivity index is 1.84. The number of nitrogens with one attached hydrogen (secondary N) is 1. The molecule has 0 aliphatic rings. The smallest absolute Gasteiger partial charge is 0.227 e. The van der Waals surface area contributed by atoms with Crippen LogP contribution in [0.5, 0.6) is 5.75 Å². The van der Waals surface area contributed by atoms with Crippen LogP contribution in [0.1, 0.15) is 17.5 Å². The Hall–Kier alpha value is -2.33. The van der Waals surface area contributed by atoms with Gasteiger partial charge in [0.05, 0.1) is 19.6 Å². The molecule has 0 spiro atoms. The lowest BCUT2D eigenvalue weighted by molar-refractivity contribution is -0.116. The van der Waals surface area contributed by atoms with Crippen LogP contribution in [-0.4, -0.2) is 17.6 Å². The van der Waals surface area contributed by atoms with Crippen molar-refractivity contribution in [2.45, 2.75) is 20.0 Å². The van der Waals surface area contributed by atoms with E-state index in [4.69, 9.17) is 9.84 Å². The monoisotopic (exact) mass is 285 g/mol. The summed E-state index contributed by atoms with van der Waals surface area (Å²) in [5, 5.41) is 12.0. The Morgan fingerprint density at radius 3 is 2.67 bits per heavy atom. The summed E-state index contributed by atoms with van der Waals surface area (Å²) in [6.07, 6.45) is 0.275. The number of ether oxygens (including phenoxy) is 1. The first-order valence-electron chi connectivity index (χ1n) is 6.87. The average Bonchev–Trinajstić information content (AvgIpc) is 2.50. The van der Waals surface area contributed by atoms with Crippen LogP contribution in [0.3, 0.4) is 0 Å². The molecule has 2 N–H and O–H groups in total. The molecule has 0 bridgehead atoms. The summed E-state index contributed by atoms with van der Waals surface area (Å²) in [4.78, 5) is 11.9. The van der Waals surface area contributed by atoms with Gasteiger partial charge < -0.3 is 15.2 Å². The van der Waals surface area contributed by atoms with Crippen molar-refractivity contribution in [3.63, 3.8) is 0 Å². The van der Waals surface area contributed by atoms with E-state index in [2.05, 4.69) is 5.32 Å². The van der Waals surface area contributed by atoms with Gasteiger partial charge in [0.1, 0.15) is 5.75 Å². The molecule has 0 atom stereocenters. The van der Waals surface area contributed by atoms with E-state index in [0.717, 1.165) is 22.6 Å². The molecule has 2 aromatic rings. The number of anilines is 1. The van der Waals surface area contributed by atoms with E-state index in [1.165, 1.54) is 0 Å². The molecule has 0 unspecified atom stereocenters. The molecule has 0 radical (unpaired) electrons. The maximum atomic E-state index is 11.9. The highest BCUT2D eigenvalue weighted by atomic mass is 16.5. The second-order valence-electron chi connectivity index (χ2n) is 4.77. The predicted molar refractivity (Wildman–Crippen MR) is 82.3 cm³/mol. The fourth-order valence-electron chi connectivity index (χ4n) is 1.89. The topological polar surface area (TPSA) is 58.6 Å². The van der Waals surface area contributed by atoms with Gasteiger partial charge in [0, 0.05) is 5.69 Å². The zero-order valence-electron chi connectivity index (χ0n) is 12.0.